The number of fused-ring (bicyclic) bond motifs is 3. The Morgan fingerprint density at radius 1 is 0.328 bits per heavy atom. The van der Waals surface area contributed by atoms with E-state index in [9.17, 15) is 0 Å². The minimum atomic E-state index is 0.626. The predicted molar refractivity (Wildman–Crippen MR) is 248 cm³/mol. The number of rotatable bonds is 8. The molecule has 0 bridgehead atoms. The van der Waals surface area contributed by atoms with Crippen molar-refractivity contribution < 1.29 is 0 Å². The number of aromatic nitrogens is 6. The molecule has 0 atom stereocenters. The predicted octanol–water partition coefficient (Wildman–Crippen LogP) is 13.4. The Bertz CT molecular complexity index is 3290. The molecular weight excluding hydrogens is 745 g/mol. The Morgan fingerprint density at radius 3 is 1.43 bits per heavy atom. The molecule has 11 rings (SSSR count). The van der Waals surface area contributed by atoms with E-state index in [0.29, 0.717) is 17.5 Å². The summed E-state index contributed by atoms with van der Waals surface area (Å²) in [7, 11) is 0. The van der Waals surface area contributed by atoms with E-state index in [-0.39, 0.29) is 0 Å². The summed E-state index contributed by atoms with van der Waals surface area (Å²) < 4.78 is 2.09. The number of benzene rings is 8. The maximum absolute atomic E-state index is 5.36. The fourth-order valence-electron chi connectivity index (χ4n) is 8.13. The normalized spacial score (nSPS) is 11.3. The Morgan fingerprint density at radius 2 is 0.803 bits per heavy atom. The minimum absolute atomic E-state index is 0.626. The van der Waals surface area contributed by atoms with Gasteiger partial charge >= 0.3 is 0 Å². The summed E-state index contributed by atoms with van der Waals surface area (Å²) in [5, 5.41) is 8.81. The van der Waals surface area contributed by atoms with E-state index in [2.05, 4.69) is 149 Å². The first-order valence-electron chi connectivity index (χ1n) is 20.3. The summed E-state index contributed by atoms with van der Waals surface area (Å²) in [6.45, 7) is 0. The summed E-state index contributed by atoms with van der Waals surface area (Å²) in [5.74, 6) is 1.90. The molecule has 61 heavy (non-hydrogen) atoms. The third-order valence-electron chi connectivity index (χ3n) is 11.2. The monoisotopic (exact) mass is 780 g/mol. The van der Waals surface area contributed by atoms with Gasteiger partial charge in [-0.05, 0) is 92.7 Å². The van der Waals surface area contributed by atoms with Gasteiger partial charge in [-0.25, -0.2) is 19.6 Å². The third kappa shape index (κ3) is 6.92. The van der Waals surface area contributed by atoms with Crippen molar-refractivity contribution in [2.45, 2.75) is 0 Å². The lowest BCUT2D eigenvalue weighted by Crippen LogP contribution is -2.00. The second-order valence-corrected chi connectivity index (χ2v) is 15.0. The highest BCUT2D eigenvalue weighted by Crippen LogP contribution is 2.38. The van der Waals surface area contributed by atoms with Gasteiger partial charge in [0.25, 0.3) is 0 Å². The molecule has 286 valence electrons. The second-order valence-electron chi connectivity index (χ2n) is 15.0. The molecule has 3 heterocycles. The zero-order valence-electron chi connectivity index (χ0n) is 33.0. The number of pyridine rings is 1. The quantitative estimate of drug-likeness (QED) is 0.154. The van der Waals surface area contributed by atoms with Crippen LogP contribution >= 0.6 is 0 Å². The molecule has 0 spiro atoms. The average molecular weight is 781 g/mol. The van der Waals surface area contributed by atoms with Crippen LogP contribution in [-0.2, 0) is 0 Å². The summed E-state index contributed by atoms with van der Waals surface area (Å²) in [6, 6.07) is 71.6. The highest BCUT2D eigenvalue weighted by atomic mass is 15.3. The topological polar surface area (TPSA) is 69.4 Å². The van der Waals surface area contributed by atoms with Gasteiger partial charge in [0.1, 0.15) is 5.69 Å². The van der Waals surface area contributed by atoms with Crippen molar-refractivity contribution >= 4 is 21.7 Å². The molecule has 0 unspecified atom stereocenters. The van der Waals surface area contributed by atoms with Crippen LogP contribution in [0.25, 0.3) is 106 Å². The second kappa shape index (κ2) is 15.4. The van der Waals surface area contributed by atoms with Crippen molar-refractivity contribution in [3.8, 4) is 84.5 Å². The Kier molecular flexibility index (Phi) is 9.06. The average Bonchev–Trinajstić information content (AvgIpc) is 3.75. The van der Waals surface area contributed by atoms with Crippen molar-refractivity contribution in [2.75, 3.05) is 0 Å². The molecular formula is C55H36N6. The van der Waals surface area contributed by atoms with E-state index in [1.165, 1.54) is 5.39 Å². The van der Waals surface area contributed by atoms with Gasteiger partial charge in [-0.3, -0.25) is 4.98 Å². The van der Waals surface area contributed by atoms with E-state index < -0.39 is 0 Å². The van der Waals surface area contributed by atoms with Gasteiger partial charge < -0.3 is 0 Å². The molecule has 0 N–H and O–H groups in total. The molecule has 8 aromatic carbocycles. The van der Waals surface area contributed by atoms with E-state index in [0.717, 1.165) is 83.3 Å². The molecule has 0 aliphatic rings. The van der Waals surface area contributed by atoms with Crippen LogP contribution in [0.3, 0.4) is 0 Å². The third-order valence-corrected chi connectivity index (χ3v) is 11.2. The van der Waals surface area contributed by atoms with Crippen LogP contribution in [0.1, 0.15) is 0 Å². The van der Waals surface area contributed by atoms with Gasteiger partial charge in [-0.15, -0.1) is 0 Å². The summed E-state index contributed by atoms with van der Waals surface area (Å²) in [6.07, 6.45) is 3.68. The van der Waals surface area contributed by atoms with Crippen LogP contribution in [-0.4, -0.2) is 29.7 Å². The zero-order valence-corrected chi connectivity index (χ0v) is 33.0. The maximum Gasteiger partial charge on any atom is 0.164 e. The molecule has 6 nitrogen and oxygen atoms in total. The first-order chi connectivity index (χ1) is 30.2. The summed E-state index contributed by atoms with van der Waals surface area (Å²) in [4.78, 5) is 19.1. The maximum atomic E-state index is 5.36. The van der Waals surface area contributed by atoms with Crippen LogP contribution in [0.5, 0.6) is 0 Å². The van der Waals surface area contributed by atoms with Crippen LogP contribution in [0, 0.1) is 0 Å². The fourth-order valence-corrected chi connectivity index (χ4v) is 8.13. The Labute approximate surface area is 353 Å². The molecule has 0 aliphatic carbocycles. The number of hydrogen-bond donors (Lipinski definition) is 0. The molecule has 11 aromatic rings. The lowest BCUT2D eigenvalue weighted by atomic mass is 9.97. The summed E-state index contributed by atoms with van der Waals surface area (Å²) >= 11 is 0. The zero-order chi connectivity index (χ0) is 40.5. The highest BCUT2D eigenvalue weighted by molar-refractivity contribution is 6.14. The van der Waals surface area contributed by atoms with E-state index >= 15 is 0 Å². The SMILES string of the molecule is c1ccc(-c2nc(-c3ccccc3)nc(-c3cccc(-c4cccc(-c5cccc(-n6nc(-c7ccccc7)c7c8cc(-c9ccncc9)ccc8ccc76)c5)c4)c3)n2)cc1. The van der Waals surface area contributed by atoms with Crippen molar-refractivity contribution in [2.24, 2.45) is 0 Å². The molecule has 6 heteroatoms. The van der Waals surface area contributed by atoms with Crippen molar-refractivity contribution in [3.05, 3.63) is 219 Å². The Balaban J connectivity index is 0.984. The fraction of sp³-hybridized carbons (Fsp3) is 0. The van der Waals surface area contributed by atoms with Gasteiger partial charge in [0.05, 0.1) is 11.2 Å². The molecule has 0 saturated carbocycles. The largest absolute Gasteiger partial charge is 0.265 e. The van der Waals surface area contributed by atoms with Crippen molar-refractivity contribution in [1.29, 1.82) is 0 Å². The molecule has 0 amide bonds. The lowest BCUT2D eigenvalue weighted by Gasteiger charge is -2.11. The summed E-state index contributed by atoms with van der Waals surface area (Å²) in [5.41, 5.74) is 13.5. The molecule has 3 aromatic heterocycles. The van der Waals surface area contributed by atoms with Crippen LogP contribution < -0.4 is 0 Å². The standard InChI is InChI=1S/C55H36N6/c1-4-13-39(14-5-1)52-51-49-36-46(37-29-31-56-32-30-37)26-25-38(49)27-28-50(51)61(60-52)48-24-12-22-45(35-48)43-20-10-19-42(33-43)44-21-11-23-47(34-44)55-58-53(40-15-6-2-7-16-40)57-54(59-55)41-17-8-3-9-18-41/h1-36H. The van der Waals surface area contributed by atoms with Gasteiger partial charge in [0.2, 0.25) is 0 Å². The molecule has 0 radical (unpaired) electrons. The molecule has 0 aliphatic heterocycles. The van der Waals surface area contributed by atoms with E-state index in [1.807, 2.05) is 79.1 Å². The van der Waals surface area contributed by atoms with Gasteiger partial charge in [-0.2, -0.15) is 5.10 Å². The first-order valence-corrected chi connectivity index (χ1v) is 20.3. The molecule has 0 fully saturated rings. The van der Waals surface area contributed by atoms with Crippen LogP contribution in [0.4, 0.5) is 0 Å². The van der Waals surface area contributed by atoms with Gasteiger partial charge in [0.15, 0.2) is 17.5 Å². The first kappa shape index (κ1) is 35.8. The van der Waals surface area contributed by atoms with Crippen LogP contribution in [0.2, 0.25) is 0 Å². The minimum Gasteiger partial charge on any atom is -0.265 e. The highest BCUT2D eigenvalue weighted by Gasteiger charge is 2.18. The van der Waals surface area contributed by atoms with E-state index in [4.69, 9.17) is 20.1 Å². The number of hydrogen-bond acceptors (Lipinski definition) is 5. The van der Waals surface area contributed by atoms with Gasteiger partial charge in [-0.1, -0.05) is 158 Å². The molecule has 0 saturated heterocycles. The number of nitrogens with zero attached hydrogens (tertiary/aromatic N) is 6. The van der Waals surface area contributed by atoms with Crippen molar-refractivity contribution in [3.63, 3.8) is 0 Å². The van der Waals surface area contributed by atoms with Crippen molar-refractivity contribution in [1.82, 2.24) is 29.7 Å². The van der Waals surface area contributed by atoms with E-state index in [1.54, 1.807) is 0 Å². The smallest absolute Gasteiger partial charge is 0.164 e. The van der Waals surface area contributed by atoms with Gasteiger partial charge in [0, 0.05) is 40.0 Å². The lowest BCUT2D eigenvalue weighted by molar-refractivity contribution is 0.915. The van der Waals surface area contributed by atoms with Crippen LogP contribution in [0.15, 0.2) is 219 Å². The Hall–Kier alpha value is -8.35.